The van der Waals surface area contributed by atoms with Gasteiger partial charge < -0.3 is 10.4 Å². The van der Waals surface area contributed by atoms with Crippen LogP contribution in [0.1, 0.15) is 37.7 Å². The fourth-order valence-corrected chi connectivity index (χ4v) is 3.28. The molecule has 0 spiro atoms. The van der Waals surface area contributed by atoms with Crippen LogP contribution in [0.5, 0.6) is 0 Å². The van der Waals surface area contributed by atoms with Crippen LogP contribution in [0.3, 0.4) is 0 Å². The summed E-state index contributed by atoms with van der Waals surface area (Å²) in [7, 11) is 0. The minimum Gasteiger partial charge on any atom is -0.391 e. The first-order chi connectivity index (χ1) is 11.6. The summed E-state index contributed by atoms with van der Waals surface area (Å²) in [5, 5.41) is 13.4. The highest BCUT2D eigenvalue weighted by Crippen LogP contribution is 2.18. The minimum atomic E-state index is -0.462. The molecule has 0 aliphatic heterocycles. The van der Waals surface area contributed by atoms with Gasteiger partial charge in [-0.25, -0.2) is 4.98 Å². The summed E-state index contributed by atoms with van der Waals surface area (Å²) in [5.74, 6) is -0.141. The zero-order valence-electron chi connectivity index (χ0n) is 13.9. The number of hydrogen-bond acceptors (Lipinski definition) is 4. The Balaban J connectivity index is 1.66. The Hall–Kier alpha value is -2.21. The lowest BCUT2D eigenvalue weighted by Gasteiger charge is -2.28. The zero-order chi connectivity index (χ0) is 17.1. The van der Waals surface area contributed by atoms with Gasteiger partial charge >= 0.3 is 0 Å². The van der Waals surface area contributed by atoms with Crippen molar-refractivity contribution in [3.05, 3.63) is 40.4 Å². The third-order valence-electron chi connectivity index (χ3n) is 4.71. The van der Waals surface area contributed by atoms with E-state index >= 15 is 0 Å². The van der Waals surface area contributed by atoms with Crippen molar-refractivity contribution in [1.29, 1.82) is 0 Å². The maximum absolute atomic E-state index is 12.5. The zero-order valence-corrected chi connectivity index (χ0v) is 13.9. The van der Waals surface area contributed by atoms with Gasteiger partial charge in [-0.05, 0) is 31.4 Å². The number of amides is 1. The smallest absolute Gasteiger partial charge is 0.261 e. The molecule has 6 nitrogen and oxygen atoms in total. The summed E-state index contributed by atoms with van der Waals surface area (Å²) in [6, 6.07) is 5.34. The molecule has 128 valence electrons. The Kier molecular flexibility index (Phi) is 4.94. The van der Waals surface area contributed by atoms with Crippen LogP contribution >= 0.6 is 0 Å². The highest BCUT2D eigenvalue weighted by molar-refractivity contribution is 5.80. The molecule has 0 bridgehead atoms. The lowest BCUT2D eigenvalue weighted by atomic mass is 9.92. The number of aryl methyl sites for hydroxylation is 2. The normalized spacial score (nSPS) is 20.9. The van der Waals surface area contributed by atoms with Gasteiger partial charge in [0.05, 0.1) is 29.4 Å². The number of aromatic nitrogens is 2. The second-order valence-electron chi connectivity index (χ2n) is 6.49. The number of aliphatic hydroxyl groups excluding tert-OH is 1. The number of benzene rings is 1. The third kappa shape index (κ3) is 3.48. The van der Waals surface area contributed by atoms with Crippen molar-refractivity contribution in [3.63, 3.8) is 0 Å². The van der Waals surface area contributed by atoms with Crippen LogP contribution in [0, 0.1) is 6.92 Å². The van der Waals surface area contributed by atoms with Gasteiger partial charge in [-0.3, -0.25) is 14.2 Å². The van der Waals surface area contributed by atoms with Crippen LogP contribution in [0.25, 0.3) is 10.9 Å². The van der Waals surface area contributed by atoms with Crippen molar-refractivity contribution in [1.82, 2.24) is 14.9 Å². The van der Waals surface area contributed by atoms with E-state index in [0.29, 0.717) is 10.9 Å². The molecule has 1 fully saturated rings. The third-order valence-corrected chi connectivity index (χ3v) is 4.71. The predicted molar refractivity (Wildman–Crippen MR) is 91.8 cm³/mol. The maximum Gasteiger partial charge on any atom is 0.261 e. The maximum atomic E-state index is 12.5. The van der Waals surface area contributed by atoms with Crippen molar-refractivity contribution in [2.45, 2.75) is 57.7 Å². The molecule has 1 aromatic carbocycles. The van der Waals surface area contributed by atoms with Crippen molar-refractivity contribution in [2.75, 3.05) is 0 Å². The van der Waals surface area contributed by atoms with E-state index in [1.165, 1.54) is 10.9 Å². The summed E-state index contributed by atoms with van der Waals surface area (Å²) >= 11 is 0. The van der Waals surface area contributed by atoms with Crippen LogP contribution < -0.4 is 10.9 Å². The van der Waals surface area contributed by atoms with Crippen molar-refractivity contribution < 1.29 is 9.90 Å². The first-order valence-electron chi connectivity index (χ1n) is 8.48. The number of hydrogen-bond donors (Lipinski definition) is 2. The molecule has 3 rings (SSSR count). The highest BCUT2D eigenvalue weighted by Gasteiger charge is 2.24. The Morgan fingerprint density at radius 3 is 2.96 bits per heavy atom. The molecule has 2 N–H and O–H groups in total. The molecule has 1 amide bonds. The largest absolute Gasteiger partial charge is 0.391 e. The Morgan fingerprint density at radius 1 is 1.38 bits per heavy atom. The standard InChI is InChI=1S/C18H23N3O3/c1-12-5-4-6-13-17(12)19-11-21(18(13)24)10-9-16(23)20-14-7-2-3-8-15(14)22/h4-6,11,14-15,22H,2-3,7-10H2,1H3,(H,20,23). The van der Waals surface area contributed by atoms with Crippen LogP contribution in [0.15, 0.2) is 29.3 Å². The fraction of sp³-hybridized carbons (Fsp3) is 0.500. The van der Waals surface area contributed by atoms with Gasteiger partial charge in [-0.15, -0.1) is 0 Å². The molecule has 2 aromatic rings. The molecule has 2 unspecified atom stereocenters. The van der Waals surface area contributed by atoms with Gasteiger partial charge in [-0.1, -0.05) is 25.0 Å². The monoisotopic (exact) mass is 329 g/mol. The minimum absolute atomic E-state index is 0.130. The van der Waals surface area contributed by atoms with Crippen molar-refractivity contribution in [2.24, 2.45) is 0 Å². The summed E-state index contributed by atoms with van der Waals surface area (Å²) in [6.45, 7) is 2.20. The number of fused-ring (bicyclic) bond motifs is 1. The van der Waals surface area contributed by atoms with E-state index < -0.39 is 6.10 Å². The number of carbonyl (C=O) groups is 1. The van der Waals surface area contributed by atoms with E-state index in [0.717, 1.165) is 31.2 Å². The van der Waals surface area contributed by atoms with Crippen LogP contribution in [0.2, 0.25) is 0 Å². The molecule has 1 saturated carbocycles. The van der Waals surface area contributed by atoms with E-state index in [4.69, 9.17) is 0 Å². The fourth-order valence-electron chi connectivity index (χ4n) is 3.28. The lowest BCUT2D eigenvalue weighted by molar-refractivity contribution is -0.123. The quantitative estimate of drug-likeness (QED) is 0.890. The summed E-state index contributed by atoms with van der Waals surface area (Å²) in [4.78, 5) is 28.9. The van der Waals surface area contributed by atoms with Crippen molar-refractivity contribution in [3.8, 4) is 0 Å². The molecule has 1 heterocycles. The number of aliphatic hydroxyl groups is 1. The second-order valence-corrected chi connectivity index (χ2v) is 6.49. The van der Waals surface area contributed by atoms with Gasteiger partial charge in [0, 0.05) is 13.0 Å². The van der Waals surface area contributed by atoms with Gasteiger partial charge in [0.2, 0.25) is 5.91 Å². The highest BCUT2D eigenvalue weighted by atomic mass is 16.3. The lowest BCUT2D eigenvalue weighted by Crippen LogP contribution is -2.45. The van der Waals surface area contributed by atoms with Gasteiger partial charge in [0.25, 0.3) is 5.56 Å². The Labute approximate surface area is 140 Å². The van der Waals surface area contributed by atoms with Gasteiger partial charge in [0.15, 0.2) is 0 Å². The summed E-state index contributed by atoms with van der Waals surface area (Å²) < 4.78 is 1.47. The van der Waals surface area contributed by atoms with Crippen molar-refractivity contribution >= 4 is 16.8 Å². The average molecular weight is 329 g/mol. The molecule has 1 aromatic heterocycles. The topological polar surface area (TPSA) is 84.2 Å². The Morgan fingerprint density at radius 2 is 2.17 bits per heavy atom. The number of para-hydroxylation sites is 1. The SMILES string of the molecule is Cc1cccc2c(=O)n(CCC(=O)NC3CCCCC3O)cnc12. The summed E-state index contributed by atoms with van der Waals surface area (Å²) in [6.07, 6.45) is 4.81. The van der Waals surface area contributed by atoms with E-state index in [9.17, 15) is 14.7 Å². The number of rotatable bonds is 4. The van der Waals surface area contributed by atoms with E-state index in [1.807, 2.05) is 19.1 Å². The van der Waals surface area contributed by atoms with E-state index in [2.05, 4.69) is 10.3 Å². The number of nitrogens with zero attached hydrogens (tertiary/aromatic N) is 2. The van der Waals surface area contributed by atoms with E-state index in [1.54, 1.807) is 6.07 Å². The molecule has 0 saturated heterocycles. The first kappa shape index (κ1) is 16.6. The number of carbonyl (C=O) groups excluding carboxylic acids is 1. The molecule has 24 heavy (non-hydrogen) atoms. The van der Waals surface area contributed by atoms with E-state index in [-0.39, 0.29) is 30.5 Å². The Bertz CT molecular complexity index is 800. The first-order valence-corrected chi connectivity index (χ1v) is 8.48. The van der Waals surface area contributed by atoms with Crippen LogP contribution in [0.4, 0.5) is 0 Å². The second kappa shape index (κ2) is 7.13. The molecule has 1 aliphatic rings. The van der Waals surface area contributed by atoms with Crippen LogP contribution in [-0.4, -0.2) is 32.7 Å². The molecular formula is C18H23N3O3. The molecule has 1 aliphatic carbocycles. The van der Waals surface area contributed by atoms with Crippen LogP contribution in [-0.2, 0) is 11.3 Å². The predicted octanol–water partition coefficient (Wildman–Crippen LogP) is 1.51. The van der Waals surface area contributed by atoms with Gasteiger partial charge in [-0.2, -0.15) is 0 Å². The molecule has 6 heteroatoms. The summed E-state index contributed by atoms with van der Waals surface area (Å²) in [5.41, 5.74) is 1.53. The molecular weight excluding hydrogens is 306 g/mol. The average Bonchev–Trinajstić information content (AvgIpc) is 2.57. The van der Waals surface area contributed by atoms with Gasteiger partial charge in [0.1, 0.15) is 0 Å². The molecule has 0 radical (unpaired) electrons. The number of nitrogens with one attached hydrogen (secondary N) is 1. The molecule has 2 atom stereocenters.